The smallest absolute Gasteiger partial charge is 0.264 e. The van der Waals surface area contributed by atoms with Gasteiger partial charge in [-0.2, -0.15) is 0 Å². The highest BCUT2D eigenvalue weighted by Gasteiger charge is 2.57. The predicted octanol–water partition coefficient (Wildman–Crippen LogP) is 16.0. The Kier molecular flexibility index (Phi) is 9.03. The number of hydrogen-bond acceptors (Lipinski definition) is 3. The highest BCUT2D eigenvalue weighted by atomic mass is 32.1. The molecule has 0 atom stereocenters. The zero-order chi connectivity index (χ0) is 48.1. The van der Waals surface area contributed by atoms with Crippen LogP contribution in [0.25, 0.3) is 44.5 Å². The molecule has 2 aliphatic heterocycles. The minimum atomic E-state index is -0.465. The van der Waals surface area contributed by atoms with Gasteiger partial charge in [0.2, 0.25) is 0 Å². The van der Waals surface area contributed by atoms with Crippen molar-refractivity contribution in [3.05, 3.63) is 244 Å². The molecule has 0 saturated heterocycles. The van der Waals surface area contributed by atoms with Gasteiger partial charge < -0.3 is 9.80 Å². The van der Waals surface area contributed by atoms with Gasteiger partial charge in [0.15, 0.2) is 0 Å². The first-order valence-corrected chi connectivity index (χ1v) is 26.0. The van der Waals surface area contributed by atoms with Crippen LogP contribution in [0.15, 0.2) is 194 Å². The summed E-state index contributed by atoms with van der Waals surface area (Å²) in [5.74, 6) is 0. The van der Waals surface area contributed by atoms with Gasteiger partial charge in [-0.3, -0.25) is 0 Å². The number of anilines is 6. The first-order valence-electron chi connectivity index (χ1n) is 25.2. The molecule has 2 aliphatic carbocycles. The average molecular weight is 929 g/mol. The van der Waals surface area contributed by atoms with Crippen molar-refractivity contribution in [2.75, 3.05) is 9.80 Å². The third-order valence-electron chi connectivity index (χ3n) is 16.0. The van der Waals surface area contributed by atoms with Gasteiger partial charge >= 0.3 is 0 Å². The lowest BCUT2D eigenvalue weighted by atomic mass is 9.36. The van der Waals surface area contributed by atoms with Crippen LogP contribution in [-0.2, 0) is 10.8 Å². The van der Waals surface area contributed by atoms with Gasteiger partial charge in [0.1, 0.15) is 0 Å². The van der Waals surface area contributed by atoms with Crippen LogP contribution in [0.3, 0.4) is 0 Å². The van der Waals surface area contributed by atoms with Crippen LogP contribution in [0.5, 0.6) is 0 Å². The summed E-state index contributed by atoms with van der Waals surface area (Å²) in [6, 6.07) is 74.6. The van der Waals surface area contributed by atoms with Crippen molar-refractivity contribution in [3.63, 3.8) is 0 Å². The van der Waals surface area contributed by atoms with Crippen LogP contribution in [0.1, 0.15) is 70.2 Å². The Bertz CT molecular complexity index is 3810. The number of nitrogens with zero attached hydrogens (tertiary/aromatic N) is 2. The van der Waals surface area contributed by atoms with Gasteiger partial charge in [0.05, 0.1) is 11.1 Å². The van der Waals surface area contributed by atoms with E-state index in [1.54, 1.807) is 0 Å². The molecule has 3 heterocycles. The zero-order valence-corrected chi connectivity index (χ0v) is 42.2. The summed E-state index contributed by atoms with van der Waals surface area (Å²) in [7, 11) is 0. The quantitative estimate of drug-likeness (QED) is 0.162. The summed E-state index contributed by atoms with van der Waals surface area (Å²) < 4.78 is 1.40. The van der Waals surface area contributed by atoms with E-state index in [2.05, 4.69) is 264 Å². The second-order valence-corrected chi connectivity index (χ2v) is 22.6. The fourth-order valence-electron chi connectivity index (χ4n) is 12.8. The molecule has 0 N–H and O–H groups in total. The van der Waals surface area contributed by atoms with Crippen molar-refractivity contribution < 1.29 is 0 Å². The average Bonchev–Trinajstić information content (AvgIpc) is 4.01. The highest BCUT2D eigenvalue weighted by Crippen LogP contribution is 2.67. The molecule has 14 rings (SSSR count). The number of benzene rings is 9. The molecule has 4 aliphatic rings. The summed E-state index contributed by atoms with van der Waals surface area (Å²) >= 11 is 2.06. The summed E-state index contributed by atoms with van der Waals surface area (Å²) in [4.78, 5) is 6.67. The summed E-state index contributed by atoms with van der Waals surface area (Å²) in [6.07, 6.45) is 0. The number of rotatable bonds is 4. The molecular weight excluding hydrogens is 876 g/mol. The lowest BCUT2D eigenvalue weighted by molar-refractivity contribution is 0.590. The van der Waals surface area contributed by atoms with Crippen molar-refractivity contribution in [2.45, 2.75) is 59.3 Å². The molecule has 0 bridgehead atoms. The molecular formula is C67H53BN2S. The minimum absolute atomic E-state index is 0.0205. The van der Waals surface area contributed by atoms with Crippen LogP contribution < -0.4 is 25.5 Å². The Hall–Kier alpha value is -7.66. The van der Waals surface area contributed by atoms with E-state index in [1.165, 1.54) is 138 Å². The third-order valence-corrected chi connectivity index (χ3v) is 17.4. The van der Waals surface area contributed by atoms with E-state index in [0.717, 1.165) is 5.69 Å². The second kappa shape index (κ2) is 15.2. The zero-order valence-electron chi connectivity index (χ0n) is 41.4. The Morgan fingerprint density at radius 2 is 1.03 bits per heavy atom. The molecule has 71 heavy (non-hydrogen) atoms. The Balaban J connectivity index is 1.11. The summed E-state index contributed by atoms with van der Waals surface area (Å²) in [5.41, 5.74) is 30.4. The standard InChI is InChI=1S/C67H53BN2S/c1-40-21-28-47(29-22-40)69-58-39-45(53-35-41(2)23-32-49(53)44-15-9-8-10-16-44)25-34-57(58)68-62-59(69)37-43(4)38-60(62)70(48-30-26-46(27-31-48)66(5,6)7)63-61-52-33-24-42(3)36-56(52)67(64(61)71-65(63)68)54-19-13-11-17-50(54)51-18-12-14-20-55(51)67/h8-39H,1-7H3. The van der Waals surface area contributed by atoms with Crippen molar-refractivity contribution >= 4 is 67.9 Å². The molecule has 1 aromatic heterocycles. The Labute approximate surface area is 422 Å². The summed E-state index contributed by atoms with van der Waals surface area (Å²) in [6.45, 7) is 15.9. The van der Waals surface area contributed by atoms with Crippen molar-refractivity contribution in [2.24, 2.45) is 0 Å². The fraction of sp³-hybridized carbons (Fsp3) is 0.134. The Morgan fingerprint density at radius 3 is 1.72 bits per heavy atom. The number of thiophene rings is 1. The molecule has 0 fully saturated rings. The molecule has 0 unspecified atom stereocenters. The normalized spacial score (nSPS) is 14.2. The van der Waals surface area contributed by atoms with Crippen LogP contribution in [0, 0.1) is 27.7 Å². The van der Waals surface area contributed by atoms with E-state index in [9.17, 15) is 0 Å². The first-order chi connectivity index (χ1) is 34.5. The maximum Gasteiger partial charge on any atom is 0.264 e. The van der Waals surface area contributed by atoms with Crippen molar-refractivity contribution in [3.8, 4) is 44.5 Å². The molecule has 10 aromatic rings. The van der Waals surface area contributed by atoms with E-state index in [1.807, 2.05) is 0 Å². The maximum absolute atomic E-state index is 2.67. The second-order valence-electron chi connectivity index (χ2n) is 21.6. The molecule has 4 heteroatoms. The largest absolute Gasteiger partial charge is 0.311 e. The van der Waals surface area contributed by atoms with Crippen LogP contribution >= 0.6 is 11.3 Å². The molecule has 1 spiro atoms. The van der Waals surface area contributed by atoms with Gasteiger partial charge in [0.25, 0.3) is 6.71 Å². The van der Waals surface area contributed by atoms with E-state index < -0.39 is 5.41 Å². The number of aryl methyl sites for hydroxylation is 4. The Morgan fingerprint density at radius 1 is 0.437 bits per heavy atom. The highest BCUT2D eigenvalue weighted by molar-refractivity contribution is 7.30. The van der Waals surface area contributed by atoms with Crippen LogP contribution in [0.2, 0.25) is 0 Å². The minimum Gasteiger partial charge on any atom is -0.311 e. The van der Waals surface area contributed by atoms with Crippen LogP contribution in [0.4, 0.5) is 34.1 Å². The summed E-state index contributed by atoms with van der Waals surface area (Å²) in [5, 5.41) is 0. The molecule has 0 saturated carbocycles. The molecule has 340 valence electrons. The monoisotopic (exact) mass is 928 g/mol. The van der Waals surface area contributed by atoms with Gasteiger partial charge in [-0.15, -0.1) is 11.3 Å². The van der Waals surface area contributed by atoms with Gasteiger partial charge in [-0.1, -0.05) is 189 Å². The lowest BCUT2D eigenvalue weighted by Gasteiger charge is -2.44. The lowest BCUT2D eigenvalue weighted by Crippen LogP contribution is -2.60. The van der Waals surface area contributed by atoms with E-state index >= 15 is 0 Å². The van der Waals surface area contributed by atoms with Gasteiger partial charge in [-0.25, -0.2) is 0 Å². The van der Waals surface area contributed by atoms with Gasteiger partial charge in [0, 0.05) is 43.7 Å². The van der Waals surface area contributed by atoms with Gasteiger partial charge in [-0.05, 0) is 153 Å². The molecule has 0 radical (unpaired) electrons. The predicted molar refractivity (Wildman–Crippen MR) is 303 cm³/mol. The number of fused-ring (bicyclic) bond motifs is 15. The topological polar surface area (TPSA) is 6.48 Å². The van der Waals surface area contributed by atoms with E-state index in [4.69, 9.17) is 0 Å². The fourth-order valence-corrected chi connectivity index (χ4v) is 14.5. The molecule has 2 nitrogen and oxygen atoms in total. The van der Waals surface area contributed by atoms with Crippen molar-refractivity contribution in [1.82, 2.24) is 0 Å². The van der Waals surface area contributed by atoms with E-state index in [0.29, 0.717) is 0 Å². The van der Waals surface area contributed by atoms with Crippen LogP contribution in [-0.4, -0.2) is 6.71 Å². The SMILES string of the molecule is Cc1ccc(N2c3cc(-c4cc(C)ccc4-c4ccccc4)ccc3B3c4sc5c(c4N(c4ccc(C(C)(C)C)cc4)c4cc(C)cc2c43)-c2ccc(C)cc2C52c3ccccc3-c3ccccc32)cc1. The third kappa shape index (κ3) is 5.95. The molecule has 9 aromatic carbocycles. The number of hydrogen-bond donors (Lipinski definition) is 0. The first kappa shape index (κ1) is 42.2. The van der Waals surface area contributed by atoms with Crippen molar-refractivity contribution in [1.29, 1.82) is 0 Å². The van der Waals surface area contributed by atoms with E-state index in [-0.39, 0.29) is 12.1 Å². The maximum atomic E-state index is 2.67. The molecule has 0 amide bonds.